The molecule has 2 unspecified atom stereocenters. The number of amides is 1. The van der Waals surface area contributed by atoms with Crippen LogP contribution in [0.4, 0.5) is 0 Å². The summed E-state index contributed by atoms with van der Waals surface area (Å²) >= 11 is 0. The lowest BCUT2D eigenvalue weighted by molar-refractivity contribution is -0.143. The van der Waals surface area contributed by atoms with Crippen LogP contribution in [-0.2, 0) is 14.3 Å². The van der Waals surface area contributed by atoms with Crippen LogP contribution in [-0.4, -0.2) is 47.4 Å². The van der Waals surface area contributed by atoms with Crippen molar-refractivity contribution in [1.82, 2.24) is 5.32 Å². The van der Waals surface area contributed by atoms with Crippen LogP contribution in [0.5, 0.6) is 0 Å². The summed E-state index contributed by atoms with van der Waals surface area (Å²) in [6.07, 6.45) is 101. The second kappa shape index (κ2) is 77.5. The quantitative estimate of drug-likeness (QED) is 0.0320. The van der Waals surface area contributed by atoms with Crippen molar-refractivity contribution < 1.29 is 24.5 Å². The Bertz CT molecular complexity index is 1430. The van der Waals surface area contributed by atoms with Gasteiger partial charge in [0.1, 0.15) is 0 Å². The maximum absolute atomic E-state index is 12.5. The molecule has 6 heteroatoms. The van der Waals surface area contributed by atoms with Gasteiger partial charge in [-0.15, -0.1) is 0 Å². The molecule has 0 aromatic heterocycles. The molecular formula is C82H157NO5. The molecule has 0 bridgehead atoms. The molecule has 3 N–H and O–H groups in total. The maximum Gasteiger partial charge on any atom is 0.305 e. The number of carbonyl (C=O) groups is 2. The van der Waals surface area contributed by atoms with Crippen LogP contribution in [0.15, 0.2) is 36.5 Å². The summed E-state index contributed by atoms with van der Waals surface area (Å²) < 4.78 is 5.51. The van der Waals surface area contributed by atoms with Crippen LogP contribution < -0.4 is 5.32 Å². The molecule has 1 amide bonds. The van der Waals surface area contributed by atoms with Gasteiger partial charge in [-0.1, -0.05) is 391 Å². The normalized spacial score (nSPS) is 12.6. The van der Waals surface area contributed by atoms with Gasteiger partial charge in [0.25, 0.3) is 0 Å². The topological polar surface area (TPSA) is 95.9 Å². The van der Waals surface area contributed by atoms with Gasteiger partial charge in [-0.3, -0.25) is 9.59 Å². The molecule has 0 aromatic carbocycles. The number of ether oxygens (including phenoxy) is 1. The Labute approximate surface area is 551 Å². The van der Waals surface area contributed by atoms with Gasteiger partial charge in [-0.05, 0) is 83.5 Å². The predicted molar refractivity (Wildman–Crippen MR) is 389 cm³/mol. The van der Waals surface area contributed by atoms with E-state index < -0.39 is 12.1 Å². The molecule has 2 atom stereocenters. The summed E-state index contributed by atoms with van der Waals surface area (Å²) in [7, 11) is 0. The second-order valence-electron chi connectivity index (χ2n) is 27.7. The van der Waals surface area contributed by atoms with Gasteiger partial charge in [0.05, 0.1) is 25.4 Å². The lowest BCUT2D eigenvalue weighted by Gasteiger charge is -2.22. The first-order valence-electron chi connectivity index (χ1n) is 40.2. The highest BCUT2D eigenvalue weighted by Crippen LogP contribution is 2.20. The van der Waals surface area contributed by atoms with Crippen LogP contribution in [0, 0.1) is 0 Å². The third-order valence-corrected chi connectivity index (χ3v) is 18.9. The number of nitrogens with one attached hydrogen (secondary N) is 1. The number of hydrogen-bond donors (Lipinski definition) is 3. The third kappa shape index (κ3) is 73.1. The number of aliphatic hydroxyl groups is 2. The van der Waals surface area contributed by atoms with Gasteiger partial charge in [-0.25, -0.2) is 0 Å². The van der Waals surface area contributed by atoms with Crippen molar-refractivity contribution in [3.8, 4) is 0 Å². The molecule has 0 saturated carbocycles. The molecule has 0 heterocycles. The zero-order valence-corrected chi connectivity index (χ0v) is 59.7. The number of rotatable bonds is 76. The molecule has 6 nitrogen and oxygen atoms in total. The zero-order valence-electron chi connectivity index (χ0n) is 59.7. The second-order valence-corrected chi connectivity index (χ2v) is 27.7. The lowest BCUT2D eigenvalue weighted by Crippen LogP contribution is -2.45. The van der Waals surface area contributed by atoms with Crippen LogP contribution >= 0.6 is 0 Å². The van der Waals surface area contributed by atoms with Gasteiger partial charge in [-0.2, -0.15) is 0 Å². The van der Waals surface area contributed by atoms with Crippen molar-refractivity contribution in [2.24, 2.45) is 0 Å². The summed E-state index contributed by atoms with van der Waals surface area (Å²) in [6.45, 7) is 4.99. The van der Waals surface area contributed by atoms with Gasteiger partial charge in [0.15, 0.2) is 0 Å². The molecule has 0 aliphatic rings. The first-order valence-corrected chi connectivity index (χ1v) is 40.2. The fourth-order valence-electron chi connectivity index (χ4n) is 12.8. The molecule has 0 rings (SSSR count). The van der Waals surface area contributed by atoms with Crippen molar-refractivity contribution in [2.45, 2.75) is 463 Å². The Morgan fingerprint density at radius 2 is 0.568 bits per heavy atom. The molecule has 0 aliphatic heterocycles. The fourth-order valence-corrected chi connectivity index (χ4v) is 12.8. The Morgan fingerprint density at radius 3 is 0.875 bits per heavy atom. The molecule has 88 heavy (non-hydrogen) atoms. The number of unbranched alkanes of at least 4 members (excludes halogenated alkanes) is 59. The zero-order chi connectivity index (χ0) is 63.5. The maximum atomic E-state index is 12.5. The lowest BCUT2D eigenvalue weighted by atomic mass is 10.0. The highest BCUT2D eigenvalue weighted by molar-refractivity contribution is 5.76. The number of carbonyl (C=O) groups excluding carboxylic acids is 2. The average molecular weight is 1240 g/mol. The first-order chi connectivity index (χ1) is 43.5. The van der Waals surface area contributed by atoms with E-state index in [1.54, 1.807) is 0 Å². The van der Waals surface area contributed by atoms with Crippen molar-refractivity contribution in [3.63, 3.8) is 0 Å². The Morgan fingerprint density at radius 1 is 0.318 bits per heavy atom. The third-order valence-electron chi connectivity index (χ3n) is 18.9. The summed E-state index contributed by atoms with van der Waals surface area (Å²) in [5.74, 6) is -0.0115. The molecule has 0 fully saturated rings. The Kier molecular flexibility index (Phi) is 75.8. The summed E-state index contributed by atoms with van der Waals surface area (Å²) in [4.78, 5) is 24.7. The SMILES string of the molecule is CCCCCCCC/C=C\CCCCCCCCCCCC(=O)OCCCCCCCCCCCCC/C=C\C/C=C\CCCCCCCCCCCCCCCCCCCC(=O)NC(CO)C(O)CCCCCCCCCCCCCCCCCCC. The molecule has 0 saturated heterocycles. The number of aliphatic hydroxyl groups excluding tert-OH is 2. The minimum absolute atomic E-state index is 0.0172. The van der Waals surface area contributed by atoms with Crippen molar-refractivity contribution in [2.75, 3.05) is 13.2 Å². The molecule has 520 valence electrons. The standard InChI is InChI=1S/C82H157NO5/c1-3-5-7-9-11-13-15-17-19-21-39-44-48-52-56-60-64-68-72-76-82(87)88-77-73-69-65-61-57-53-49-45-41-38-36-34-32-30-28-26-24-22-23-25-27-29-31-33-35-37-40-43-47-51-55-59-63-67-71-75-81(86)83-79(78-84)80(85)74-70-66-62-58-54-50-46-42-20-18-16-14-12-10-8-6-4-2/h17,19,24,26,30,32,79-80,84-85H,3-16,18,20-23,25,27-29,31,33-78H2,1-2H3,(H,83,86)/b19-17-,26-24-,32-30-. The van der Waals surface area contributed by atoms with Crippen molar-refractivity contribution in [1.29, 1.82) is 0 Å². The van der Waals surface area contributed by atoms with Crippen LogP contribution in [0.1, 0.15) is 450 Å². The number of esters is 1. The molecular weight excluding hydrogens is 1080 g/mol. The Balaban J connectivity index is 3.36. The minimum Gasteiger partial charge on any atom is -0.466 e. The minimum atomic E-state index is -0.663. The van der Waals surface area contributed by atoms with Crippen molar-refractivity contribution in [3.05, 3.63) is 36.5 Å². The van der Waals surface area contributed by atoms with E-state index in [0.717, 1.165) is 44.9 Å². The molecule has 0 aromatic rings. The average Bonchev–Trinajstić information content (AvgIpc) is 3.58. The van der Waals surface area contributed by atoms with Gasteiger partial charge in [0.2, 0.25) is 5.91 Å². The smallest absolute Gasteiger partial charge is 0.305 e. The van der Waals surface area contributed by atoms with Crippen LogP contribution in [0.3, 0.4) is 0 Å². The number of allylic oxidation sites excluding steroid dienone is 6. The fraction of sp³-hybridized carbons (Fsp3) is 0.902. The van der Waals surface area contributed by atoms with E-state index in [1.165, 1.54) is 372 Å². The highest BCUT2D eigenvalue weighted by atomic mass is 16.5. The molecule has 0 aliphatic carbocycles. The van der Waals surface area contributed by atoms with Gasteiger partial charge in [0, 0.05) is 12.8 Å². The number of hydrogen-bond acceptors (Lipinski definition) is 5. The van der Waals surface area contributed by atoms with E-state index in [-0.39, 0.29) is 18.5 Å². The van der Waals surface area contributed by atoms with Gasteiger partial charge >= 0.3 is 5.97 Å². The summed E-state index contributed by atoms with van der Waals surface area (Å²) in [5.41, 5.74) is 0. The molecule has 0 radical (unpaired) electrons. The largest absolute Gasteiger partial charge is 0.466 e. The highest BCUT2D eigenvalue weighted by Gasteiger charge is 2.20. The molecule has 0 spiro atoms. The monoisotopic (exact) mass is 1240 g/mol. The van der Waals surface area contributed by atoms with E-state index >= 15 is 0 Å². The Hall–Kier alpha value is -1.92. The first kappa shape index (κ1) is 86.1. The predicted octanol–water partition coefficient (Wildman–Crippen LogP) is 26.6. The van der Waals surface area contributed by atoms with Crippen LogP contribution in [0.2, 0.25) is 0 Å². The van der Waals surface area contributed by atoms with E-state index in [2.05, 4.69) is 55.6 Å². The summed E-state index contributed by atoms with van der Waals surface area (Å²) in [5, 5.41) is 23.4. The summed E-state index contributed by atoms with van der Waals surface area (Å²) in [6, 6.07) is -0.540. The van der Waals surface area contributed by atoms with Gasteiger partial charge < -0.3 is 20.3 Å². The van der Waals surface area contributed by atoms with Crippen LogP contribution in [0.25, 0.3) is 0 Å². The van der Waals surface area contributed by atoms with E-state index in [0.29, 0.717) is 25.9 Å². The van der Waals surface area contributed by atoms with E-state index in [9.17, 15) is 19.8 Å². The van der Waals surface area contributed by atoms with Crippen molar-refractivity contribution >= 4 is 11.9 Å². The van der Waals surface area contributed by atoms with E-state index in [1.807, 2.05) is 0 Å². The van der Waals surface area contributed by atoms with E-state index in [4.69, 9.17) is 4.74 Å².